The van der Waals surface area contributed by atoms with Gasteiger partial charge < -0.3 is 10.6 Å². The molecule has 7 heteroatoms. The molecule has 0 aliphatic heterocycles. The number of nitrogens with one attached hydrogen (secondary N) is 2. The highest BCUT2D eigenvalue weighted by Gasteiger charge is 2.33. The summed E-state index contributed by atoms with van der Waals surface area (Å²) in [5, 5.41) is 14.3. The number of amides is 1. The van der Waals surface area contributed by atoms with Crippen LogP contribution in [0, 0.1) is 11.3 Å². The van der Waals surface area contributed by atoms with Gasteiger partial charge in [0.25, 0.3) is 0 Å². The second-order valence-electron chi connectivity index (χ2n) is 4.13. The van der Waals surface area contributed by atoms with Crippen LogP contribution in [0.25, 0.3) is 0 Å². The van der Waals surface area contributed by atoms with E-state index in [9.17, 15) is 18.0 Å². The Hall–Kier alpha value is -2.23. The van der Waals surface area contributed by atoms with Gasteiger partial charge in [-0.3, -0.25) is 4.79 Å². The Labute approximate surface area is 114 Å². The normalized spacial score (nSPS) is 10.8. The van der Waals surface area contributed by atoms with Gasteiger partial charge in [-0.05, 0) is 24.6 Å². The van der Waals surface area contributed by atoms with E-state index in [0.717, 1.165) is 6.07 Å². The quantitative estimate of drug-likeness (QED) is 0.817. The maximum Gasteiger partial charge on any atom is 0.417 e. The third kappa shape index (κ3) is 4.80. The molecule has 1 amide bonds. The van der Waals surface area contributed by atoms with Gasteiger partial charge >= 0.3 is 6.18 Å². The highest BCUT2D eigenvalue weighted by Crippen LogP contribution is 2.32. The Kier molecular flexibility index (Phi) is 5.38. The van der Waals surface area contributed by atoms with Crippen LogP contribution in [-0.2, 0) is 11.0 Å². The summed E-state index contributed by atoms with van der Waals surface area (Å²) < 4.78 is 37.8. The minimum absolute atomic E-state index is 0.133. The van der Waals surface area contributed by atoms with Crippen LogP contribution in [-0.4, -0.2) is 19.0 Å². The summed E-state index contributed by atoms with van der Waals surface area (Å²) in [5.74, 6) is -0.133. The van der Waals surface area contributed by atoms with Crippen LogP contribution in [0.4, 0.5) is 18.9 Å². The molecule has 0 heterocycles. The Balaban J connectivity index is 2.61. The Morgan fingerprint density at radius 1 is 1.35 bits per heavy atom. The highest BCUT2D eigenvalue weighted by atomic mass is 19.4. The molecule has 1 rings (SSSR count). The number of rotatable bonds is 5. The summed E-state index contributed by atoms with van der Waals surface area (Å²) in [7, 11) is 0. The first kappa shape index (κ1) is 15.8. The standard InChI is InChI=1S/C13H14F3N3O/c1-9(20)18-5-2-6-19-11-3-4-12(13(14,15)16)10(7-11)8-17/h3-4,7,19H,2,5-6H2,1H3,(H,18,20). The molecule has 0 aromatic heterocycles. The molecule has 20 heavy (non-hydrogen) atoms. The maximum atomic E-state index is 12.6. The zero-order valence-electron chi connectivity index (χ0n) is 10.8. The molecule has 0 aliphatic rings. The van der Waals surface area contributed by atoms with Gasteiger partial charge in [0.2, 0.25) is 5.91 Å². The largest absolute Gasteiger partial charge is 0.417 e. The van der Waals surface area contributed by atoms with E-state index in [-0.39, 0.29) is 5.91 Å². The summed E-state index contributed by atoms with van der Waals surface area (Å²) in [4.78, 5) is 10.6. The van der Waals surface area contributed by atoms with Crippen molar-refractivity contribution in [2.24, 2.45) is 0 Å². The lowest BCUT2D eigenvalue weighted by molar-refractivity contribution is -0.137. The van der Waals surface area contributed by atoms with Crippen LogP contribution in [0.1, 0.15) is 24.5 Å². The fraction of sp³-hybridized carbons (Fsp3) is 0.385. The van der Waals surface area contributed by atoms with Crippen molar-refractivity contribution in [3.8, 4) is 6.07 Å². The molecule has 0 saturated carbocycles. The van der Waals surface area contributed by atoms with Crippen molar-refractivity contribution in [1.29, 1.82) is 5.26 Å². The molecule has 0 radical (unpaired) electrons. The van der Waals surface area contributed by atoms with Crippen molar-refractivity contribution in [3.05, 3.63) is 29.3 Å². The summed E-state index contributed by atoms with van der Waals surface area (Å²) >= 11 is 0. The Morgan fingerprint density at radius 2 is 2.05 bits per heavy atom. The van der Waals surface area contributed by atoms with Gasteiger partial charge in [-0.25, -0.2) is 0 Å². The van der Waals surface area contributed by atoms with E-state index < -0.39 is 17.3 Å². The number of alkyl halides is 3. The fourth-order valence-electron chi connectivity index (χ4n) is 1.58. The van der Waals surface area contributed by atoms with E-state index >= 15 is 0 Å². The summed E-state index contributed by atoms with van der Waals surface area (Å²) in [5.41, 5.74) is -0.912. The Bertz CT molecular complexity index is 521. The first-order chi connectivity index (χ1) is 9.34. The number of hydrogen-bond acceptors (Lipinski definition) is 3. The van der Waals surface area contributed by atoms with Gasteiger partial charge in [-0.2, -0.15) is 18.4 Å². The lowest BCUT2D eigenvalue weighted by atomic mass is 10.1. The van der Waals surface area contributed by atoms with Crippen molar-refractivity contribution in [1.82, 2.24) is 5.32 Å². The molecule has 0 unspecified atom stereocenters. The molecule has 0 bridgehead atoms. The maximum absolute atomic E-state index is 12.6. The first-order valence-corrected chi connectivity index (χ1v) is 5.94. The number of carbonyl (C=O) groups is 1. The van der Waals surface area contributed by atoms with E-state index in [4.69, 9.17) is 5.26 Å². The van der Waals surface area contributed by atoms with Gasteiger partial charge in [0, 0.05) is 25.7 Å². The van der Waals surface area contributed by atoms with Gasteiger partial charge in [0.1, 0.15) is 0 Å². The van der Waals surface area contributed by atoms with Crippen LogP contribution in [0.15, 0.2) is 18.2 Å². The van der Waals surface area contributed by atoms with Gasteiger partial charge in [0.05, 0.1) is 17.2 Å². The lowest BCUT2D eigenvalue weighted by Gasteiger charge is -2.11. The molecule has 0 saturated heterocycles. The molecule has 0 fully saturated rings. The van der Waals surface area contributed by atoms with Gasteiger partial charge in [-0.15, -0.1) is 0 Å². The molecule has 1 aromatic carbocycles. The molecular formula is C13H14F3N3O. The second kappa shape index (κ2) is 6.80. The number of halogens is 3. The van der Waals surface area contributed by atoms with Crippen molar-refractivity contribution >= 4 is 11.6 Å². The van der Waals surface area contributed by atoms with Crippen LogP contribution < -0.4 is 10.6 Å². The highest BCUT2D eigenvalue weighted by molar-refractivity contribution is 5.72. The number of benzene rings is 1. The van der Waals surface area contributed by atoms with E-state index in [1.165, 1.54) is 19.1 Å². The van der Waals surface area contributed by atoms with Crippen LogP contribution in [0.5, 0.6) is 0 Å². The predicted molar refractivity (Wildman–Crippen MR) is 67.9 cm³/mol. The second-order valence-corrected chi connectivity index (χ2v) is 4.13. The summed E-state index contributed by atoms with van der Waals surface area (Å²) in [6, 6.07) is 4.87. The van der Waals surface area contributed by atoms with Crippen LogP contribution >= 0.6 is 0 Å². The van der Waals surface area contributed by atoms with Crippen molar-refractivity contribution < 1.29 is 18.0 Å². The number of anilines is 1. The van der Waals surface area contributed by atoms with Crippen LogP contribution in [0.3, 0.4) is 0 Å². The lowest BCUT2D eigenvalue weighted by Crippen LogP contribution is -2.22. The number of nitrogens with zero attached hydrogens (tertiary/aromatic N) is 1. The molecule has 0 spiro atoms. The number of carbonyl (C=O) groups excluding carboxylic acids is 1. The van der Waals surface area contributed by atoms with Crippen molar-refractivity contribution in [3.63, 3.8) is 0 Å². The molecule has 4 nitrogen and oxygen atoms in total. The average molecular weight is 285 g/mol. The zero-order chi connectivity index (χ0) is 15.2. The third-order valence-electron chi connectivity index (χ3n) is 2.50. The first-order valence-electron chi connectivity index (χ1n) is 5.94. The monoisotopic (exact) mass is 285 g/mol. The minimum atomic E-state index is -4.53. The number of nitriles is 1. The van der Waals surface area contributed by atoms with Crippen molar-refractivity contribution in [2.75, 3.05) is 18.4 Å². The van der Waals surface area contributed by atoms with E-state index in [0.29, 0.717) is 25.2 Å². The minimum Gasteiger partial charge on any atom is -0.385 e. The molecule has 108 valence electrons. The summed E-state index contributed by atoms with van der Waals surface area (Å²) in [6.07, 6.45) is -3.91. The fourth-order valence-corrected chi connectivity index (χ4v) is 1.58. The summed E-state index contributed by atoms with van der Waals surface area (Å²) in [6.45, 7) is 2.37. The van der Waals surface area contributed by atoms with Crippen molar-refractivity contribution in [2.45, 2.75) is 19.5 Å². The third-order valence-corrected chi connectivity index (χ3v) is 2.50. The van der Waals surface area contributed by atoms with E-state index in [2.05, 4.69) is 10.6 Å². The smallest absolute Gasteiger partial charge is 0.385 e. The predicted octanol–water partition coefficient (Wildman–Crippen LogP) is 2.52. The molecular weight excluding hydrogens is 271 g/mol. The van der Waals surface area contributed by atoms with E-state index in [1.54, 1.807) is 6.07 Å². The molecule has 1 aromatic rings. The van der Waals surface area contributed by atoms with Gasteiger partial charge in [0.15, 0.2) is 0 Å². The van der Waals surface area contributed by atoms with E-state index in [1.807, 2.05) is 0 Å². The average Bonchev–Trinajstić information content (AvgIpc) is 2.36. The van der Waals surface area contributed by atoms with Crippen LogP contribution in [0.2, 0.25) is 0 Å². The number of hydrogen-bond donors (Lipinski definition) is 2. The molecule has 0 atom stereocenters. The Morgan fingerprint density at radius 3 is 2.60 bits per heavy atom. The molecule has 0 aliphatic carbocycles. The zero-order valence-corrected chi connectivity index (χ0v) is 10.8. The van der Waals surface area contributed by atoms with Gasteiger partial charge in [-0.1, -0.05) is 0 Å². The topological polar surface area (TPSA) is 64.9 Å². The SMILES string of the molecule is CC(=O)NCCCNc1ccc(C(F)(F)F)c(C#N)c1. The molecule has 2 N–H and O–H groups in total.